The molecule has 7 nitrogen and oxygen atoms in total. The number of hydrogen-bond donors (Lipinski definition) is 1. The number of benzene rings is 2. The highest BCUT2D eigenvalue weighted by atomic mass is 35.5. The molecule has 0 fully saturated rings. The normalized spacial score (nSPS) is 12.0. The van der Waals surface area contributed by atoms with E-state index in [2.05, 4.69) is 20.4 Å². The predicted octanol–water partition coefficient (Wildman–Crippen LogP) is 4.00. The summed E-state index contributed by atoms with van der Waals surface area (Å²) in [6.45, 7) is 1.87. The van der Waals surface area contributed by atoms with Crippen molar-refractivity contribution in [3.05, 3.63) is 88.3 Å². The highest BCUT2D eigenvalue weighted by Gasteiger charge is 2.23. The molecule has 2 aromatic heterocycles. The minimum Gasteiger partial charge on any atom is -0.467 e. The number of fused-ring (bicyclic) bond motifs is 1. The number of carbonyl (C=O) groups is 1. The van der Waals surface area contributed by atoms with Gasteiger partial charge in [-0.15, -0.1) is 5.10 Å². The number of rotatable bonds is 6. The lowest BCUT2D eigenvalue weighted by Crippen LogP contribution is -2.23. The van der Waals surface area contributed by atoms with E-state index in [0.717, 1.165) is 16.8 Å². The molecule has 0 saturated heterocycles. The van der Waals surface area contributed by atoms with Crippen LogP contribution in [-0.2, 0) is 16.0 Å². The van der Waals surface area contributed by atoms with Gasteiger partial charge in [0.25, 0.3) is 5.78 Å². The molecule has 0 unspecified atom stereocenters. The number of methoxy groups -OCH3 is 1. The van der Waals surface area contributed by atoms with E-state index in [4.69, 9.17) is 16.3 Å². The van der Waals surface area contributed by atoms with Crippen LogP contribution in [0.2, 0.25) is 5.02 Å². The Morgan fingerprint density at radius 3 is 2.57 bits per heavy atom. The molecule has 0 radical (unpaired) electrons. The van der Waals surface area contributed by atoms with Gasteiger partial charge in [-0.3, -0.25) is 0 Å². The van der Waals surface area contributed by atoms with E-state index in [1.54, 1.807) is 4.52 Å². The smallest absolute Gasteiger partial charge is 0.333 e. The Hall–Kier alpha value is -3.45. The molecule has 2 heterocycles. The maximum atomic E-state index is 12.5. The topological polar surface area (TPSA) is 81.4 Å². The lowest BCUT2D eigenvalue weighted by Gasteiger charge is -2.18. The molecule has 1 atom stereocenters. The zero-order valence-electron chi connectivity index (χ0n) is 16.5. The van der Waals surface area contributed by atoms with Crippen molar-refractivity contribution in [1.82, 2.24) is 19.6 Å². The Bertz CT molecular complexity index is 1180. The van der Waals surface area contributed by atoms with Crippen molar-refractivity contribution in [3.8, 4) is 0 Å². The van der Waals surface area contributed by atoms with Crippen LogP contribution < -0.4 is 5.32 Å². The third-order valence-corrected chi connectivity index (χ3v) is 4.87. The lowest BCUT2D eigenvalue weighted by atomic mass is 10.1. The first-order valence-electron chi connectivity index (χ1n) is 9.40. The average molecular weight is 422 g/mol. The van der Waals surface area contributed by atoms with Crippen molar-refractivity contribution < 1.29 is 9.53 Å². The number of carbonyl (C=O) groups excluding carboxylic acids is 1. The van der Waals surface area contributed by atoms with Gasteiger partial charge in [-0.1, -0.05) is 54.1 Å². The molecule has 4 aromatic rings. The molecule has 0 aliphatic rings. The van der Waals surface area contributed by atoms with Crippen LogP contribution >= 0.6 is 11.6 Å². The van der Waals surface area contributed by atoms with Gasteiger partial charge in [0.1, 0.15) is 5.82 Å². The number of aromatic nitrogens is 4. The minimum atomic E-state index is -0.690. The quantitative estimate of drug-likeness (QED) is 0.474. The molecule has 0 amide bonds. The number of nitrogens with one attached hydrogen (secondary N) is 1. The summed E-state index contributed by atoms with van der Waals surface area (Å²) in [4.78, 5) is 21.5. The predicted molar refractivity (Wildman–Crippen MR) is 115 cm³/mol. The van der Waals surface area contributed by atoms with Gasteiger partial charge in [0.15, 0.2) is 11.9 Å². The summed E-state index contributed by atoms with van der Waals surface area (Å²) < 4.78 is 6.61. The van der Waals surface area contributed by atoms with Crippen molar-refractivity contribution in [3.63, 3.8) is 0 Å². The van der Waals surface area contributed by atoms with E-state index in [0.29, 0.717) is 28.9 Å². The number of esters is 1. The van der Waals surface area contributed by atoms with E-state index in [9.17, 15) is 4.79 Å². The SMILES string of the molecule is COC(=O)[C@H](Nc1cc(C)nc2nc(Cc3ccc(Cl)cc3)nn12)c1ccccc1. The largest absolute Gasteiger partial charge is 0.467 e. The summed E-state index contributed by atoms with van der Waals surface area (Å²) in [7, 11) is 1.37. The van der Waals surface area contributed by atoms with Gasteiger partial charge < -0.3 is 10.1 Å². The fourth-order valence-corrected chi connectivity index (χ4v) is 3.31. The van der Waals surface area contributed by atoms with Crippen LogP contribution in [0.3, 0.4) is 0 Å². The summed E-state index contributed by atoms with van der Waals surface area (Å²) >= 11 is 5.96. The molecule has 0 spiro atoms. The van der Waals surface area contributed by atoms with Crippen LogP contribution in [0.15, 0.2) is 60.7 Å². The van der Waals surface area contributed by atoms with Crippen molar-refractivity contribution in [2.24, 2.45) is 0 Å². The van der Waals surface area contributed by atoms with Gasteiger partial charge in [0, 0.05) is 23.2 Å². The zero-order valence-corrected chi connectivity index (χ0v) is 17.3. The van der Waals surface area contributed by atoms with E-state index in [1.165, 1.54) is 7.11 Å². The molecule has 2 aromatic carbocycles. The van der Waals surface area contributed by atoms with E-state index >= 15 is 0 Å². The Kier molecular flexibility index (Phi) is 5.63. The highest BCUT2D eigenvalue weighted by molar-refractivity contribution is 6.30. The molecule has 0 aliphatic heterocycles. The molecular formula is C22H20ClN5O2. The number of anilines is 1. The van der Waals surface area contributed by atoms with Crippen molar-refractivity contribution in [2.45, 2.75) is 19.4 Å². The summed E-state index contributed by atoms with van der Waals surface area (Å²) in [5.74, 6) is 1.28. The molecule has 0 saturated carbocycles. The molecular weight excluding hydrogens is 402 g/mol. The van der Waals surface area contributed by atoms with Crippen molar-refractivity contribution in [2.75, 3.05) is 12.4 Å². The summed E-state index contributed by atoms with van der Waals surface area (Å²) in [5.41, 5.74) is 2.58. The Balaban J connectivity index is 1.70. The summed E-state index contributed by atoms with van der Waals surface area (Å²) in [6.07, 6.45) is 0.540. The molecule has 0 bridgehead atoms. The summed E-state index contributed by atoms with van der Waals surface area (Å²) in [5, 5.41) is 8.52. The van der Waals surface area contributed by atoms with Crippen LogP contribution in [0, 0.1) is 6.92 Å². The number of hydrogen-bond acceptors (Lipinski definition) is 6. The fourth-order valence-electron chi connectivity index (χ4n) is 3.18. The standard InChI is InChI=1S/C22H20ClN5O2/c1-14-12-19(26-20(21(29)30-2)16-6-4-3-5-7-16)28-22(24-14)25-18(27-28)13-15-8-10-17(23)11-9-15/h3-12,20,26H,13H2,1-2H3/t20-/m1/s1. The van der Waals surface area contributed by atoms with E-state index in [1.807, 2.05) is 67.6 Å². The fraction of sp³-hybridized carbons (Fsp3) is 0.182. The lowest BCUT2D eigenvalue weighted by molar-refractivity contribution is -0.141. The Labute approximate surface area is 178 Å². The molecule has 4 rings (SSSR count). The molecule has 1 N–H and O–H groups in total. The first kappa shape index (κ1) is 19.8. The average Bonchev–Trinajstić information content (AvgIpc) is 3.16. The first-order valence-corrected chi connectivity index (χ1v) is 9.78. The van der Waals surface area contributed by atoms with Gasteiger partial charge in [-0.2, -0.15) is 9.50 Å². The molecule has 8 heteroatoms. The van der Waals surface area contributed by atoms with Gasteiger partial charge in [-0.05, 0) is 30.2 Å². The highest BCUT2D eigenvalue weighted by Crippen LogP contribution is 2.22. The van der Waals surface area contributed by atoms with Crippen LogP contribution in [0.1, 0.15) is 28.7 Å². The molecule has 30 heavy (non-hydrogen) atoms. The second kappa shape index (κ2) is 8.51. The Morgan fingerprint density at radius 2 is 1.87 bits per heavy atom. The first-order chi connectivity index (χ1) is 14.5. The van der Waals surface area contributed by atoms with Gasteiger partial charge in [-0.25, -0.2) is 9.78 Å². The zero-order chi connectivity index (χ0) is 21.1. The van der Waals surface area contributed by atoms with Crippen molar-refractivity contribution in [1.29, 1.82) is 0 Å². The minimum absolute atomic E-state index is 0.398. The van der Waals surface area contributed by atoms with Crippen LogP contribution in [-0.4, -0.2) is 32.7 Å². The monoisotopic (exact) mass is 421 g/mol. The van der Waals surface area contributed by atoms with Crippen LogP contribution in [0.25, 0.3) is 5.78 Å². The third-order valence-electron chi connectivity index (χ3n) is 4.62. The van der Waals surface area contributed by atoms with Gasteiger partial charge in [0.05, 0.1) is 7.11 Å². The van der Waals surface area contributed by atoms with Crippen LogP contribution in [0.5, 0.6) is 0 Å². The third kappa shape index (κ3) is 4.26. The van der Waals surface area contributed by atoms with Crippen molar-refractivity contribution >= 4 is 29.2 Å². The maximum Gasteiger partial charge on any atom is 0.333 e. The number of halogens is 1. The van der Waals surface area contributed by atoms with Gasteiger partial charge >= 0.3 is 5.97 Å². The number of ether oxygens (including phenoxy) is 1. The maximum absolute atomic E-state index is 12.5. The van der Waals surface area contributed by atoms with Crippen LogP contribution in [0.4, 0.5) is 5.82 Å². The second-order valence-electron chi connectivity index (χ2n) is 6.84. The molecule has 0 aliphatic carbocycles. The van der Waals surface area contributed by atoms with Gasteiger partial charge in [0.2, 0.25) is 0 Å². The number of nitrogens with zero attached hydrogens (tertiary/aromatic N) is 4. The van der Waals surface area contributed by atoms with E-state index in [-0.39, 0.29) is 0 Å². The Morgan fingerprint density at radius 1 is 1.13 bits per heavy atom. The molecule has 152 valence electrons. The second-order valence-corrected chi connectivity index (χ2v) is 7.27. The number of aryl methyl sites for hydroxylation is 1. The summed E-state index contributed by atoms with van der Waals surface area (Å²) in [6, 6.07) is 18.1. The van der Waals surface area contributed by atoms with E-state index < -0.39 is 12.0 Å².